The summed E-state index contributed by atoms with van der Waals surface area (Å²) in [5.74, 6) is -0.954. The van der Waals surface area contributed by atoms with Crippen molar-refractivity contribution in [2.24, 2.45) is 0 Å². The Kier molecular flexibility index (Phi) is 3.26. The summed E-state index contributed by atoms with van der Waals surface area (Å²) in [6, 6.07) is 1.75. The third kappa shape index (κ3) is 3.04. The van der Waals surface area contributed by atoms with Crippen LogP contribution in [0.2, 0.25) is 0 Å². The van der Waals surface area contributed by atoms with Gasteiger partial charge in [-0.1, -0.05) is 0 Å². The summed E-state index contributed by atoms with van der Waals surface area (Å²) < 4.78 is 6.01. The number of carboxylic acids is 1. The fourth-order valence-electron chi connectivity index (χ4n) is 2.79. The first-order chi connectivity index (χ1) is 8.70. The number of hydrogen-bond acceptors (Lipinski definition) is 4. The minimum absolute atomic E-state index is 0.232. The lowest BCUT2D eigenvalue weighted by atomic mass is 9.98. The molecule has 19 heavy (non-hydrogen) atoms. The van der Waals surface area contributed by atoms with Gasteiger partial charge in [-0.25, -0.2) is 4.79 Å². The lowest BCUT2D eigenvalue weighted by molar-refractivity contribution is -0.133. The molecule has 1 aliphatic rings. The Bertz CT molecular complexity index is 481. The maximum atomic E-state index is 11.3. The quantitative estimate of drug-likeness (QED) is 0.887. The van der Waals surface area contributed by atoms with Crippen molar-refractivity contribution >= 4 is 11.7 Å². The molecule has 2 rings (SSSR count). The maximum absolute atomic E-state index is 11.3. The standard InChI is InChI=1S/C14H20N2O3/c1-13(2)8-16(9-14(3,4)19-13)11-5-6-15-7-10(11)12(17)18/h5-7H,8-9H2,1-4H3,(H,17,18). The van der Waals surface area contributed by atoms with Crippen molar-refractivity contribution in [1.82, 2.24) is 4.98 Å². The van der Waals surface area contributed by atoms with Crippen LogP contribution in [0.15, 0.2) is 18.5 Å². The van der Waals surface area contributed by atoms with Gasteiger partial charge in [0.1, 0.15) is 5.56 Å². The first-order valence-corrected chi connectivity index (χ1v) is 6.33. The zero-order valence-corrected chi connectivity index (χ0v) is 11.8. The molecule has 0 saturated carbocycles. The van der Waals surface area contributed by atoms with Crippen LogP contribution in [0.25, 0.3) is 0 Å². The topological polar surface area (TPSA) is 62.7 Å². The Morgan fingerprint density at radius 2 is 1.89 bits per heavy atom. The zero-order valence-electron chi connectivity index (χ0n) is 11.8. The molecular weight excluding hydrogens is 244 g/mol. The Balaban J connectivity index is 2.39. The molecule has 1 N–H and O–H groups in total. The van der Waals surface area contributed by atoms with E-state index in [1.165, 1.54) is 6.20 Å². The van der Waals surface area contributed by atoms with E-state index in [0.29, 0.717) is 18.8 Å². The van der Waals surface area contributed by atoms with Gasteiger partial charge in [-0.3, -0.25) is 4.98 Å². The Morgan fingerprint density at radius 1 is 1.32 bits per heavy atom. The molecule has 1 aromatic rings. The van der Waals surface area contributed by atoms with E-state index in [1.807, 2.05) is 27.7 Å². The summed E-state index contributed by atoms with van der Waals surface area (Å²) in [6.45, 7) is 9.37. The average molecular weight is 264 g/mol. The van der Waals surface area contributed by atoms with E-state index < -0.39 is 5.97 Å². The fraction of sp³-hybridized carbons (Fsp3) is 0.571. The second-order valence-electron chi connectivity index (χ2n) is 6.18. The fourth-order valence-corrected chi connectivity index (χ4v) is 2.79. The van der Waals surface area contributed by atoms with Gasteiger partial charge in [-0.15, -0.1) is 0 Å². The highest BCUT2D eigenvalue weighted by Crippen LogP contribution is 2.32. The van der Waals surface area contributed by atoms with Gasteiger partial charge in [-0.05, 0) is 33.8 Å². The zero-order chi connectivity index (χ0) is 14.3. The molecule has 0 spiro atoms. The highest BCUT2D eigenvalue weighted by atomic mass is 16.5. The SMILES string of the molecule is CC1(C)CN(c2ccncc2C(=O)O)CC(C)(C)O1. The molecular formula is C14H20N2O3. The molecule has 1 fully saturated rings. The van der Waals surface area contributed by atoms with E-state index in [1.54, 1.807) is 12.3 Å². The Morgan fingerprint density at radius 3 is 2.42 bits per heavy atom. The summed E-state index contributed by atoms with van der Waals surface area (Å²) in [6.07, 6.45) is 3.02. The molecule has 1 saturated heterocycles. The molecule has 5 heteroatoms. The van der Waals surface area contributed by atoms with Crippen LogP contribution in [-0.2, 0) is 4.74 Å². The van der Waals surface area contributed by atoms with Crippen molar-refractivity contribution in [2.45, 2.75) is 38.9 Å². The number of rotatable bonds is 2. The highest BCUT2D eigenvalue weighted by Gasteiger charge is 2.39. The molecule has 0 aromatic carbocycles. The lowest BCUT2D eigenvalue weighted by Crippen LogP contribution is -2.57. The molecule has 1 aromatic heterocycles. The number of anilines is 1. The summed E-state index contributed by atoms with van der Waals surface area (Å²) >= 11 is 0. The Hall–Kier alpha value is -1.62. The summed E-state index contributed by atoms with van der Waals surface area (Å²) in [7, 11) is 0. The number of nitrogens with zero attached hydrogens (tertiary/aromatic N) is 2. The number of pyridine rings is 1. The van der Waals surface area contributed by atoms with Gasteiger partial charge >= 0.3 is 5.97 Å². The average Bonchev–Trinajstić information content (AvgIpc) is 2.24. The molecule has 0 radical (unpaired) electrons. The summed E-state index contributed by atoms with van der Waals surface area (Å²) in [4.78, 5) is 17.2. The second kappa shape index (κ2) is 4.49. The van der Waals surface area contributed by atoms with Gasteiger partial charge in [0.2, 0.25) is 0 Å². The largest absolute Gasteiger partial charge is 0.478 e. The number of hydrogen-bond donors (Lipinski definition) is 1. The van der Waals surface area contributed by atoms with Crippen molar-refractivity contribution in [3.05, 3.63) is 24.0 Å². The van der Waals surface area contributed by atoms with E-state index in [0.717, 1.165) is 0 Å². The number of carboxylic acid groups (broad SMARTS) is 1. The van der Waals surface area contributed by atoms with E-state index in [4.69, 9.17) is 4.74 Å². The minimum Gasteiger partial charge on any atom is -0.478 e. The van der Waals surface area contributed by atoms with E-state index in [2.05, 4.69) is 9.88 Å². The minimum atomic E-state index is -0.954. The van der Waals surface area contributed by atoms with Gasteiger partial charge in [0.25, 0.3) is 0 Å². The second-order valence-corrected chi connectivity index (χ2v) is 6.18. The van der Waals surface area contributed by atoms with Crippen LogP contribution < -0.4 is 4.90 Å². The third-order valence-corrected chi connectivity index (χ3v) is 3.07. The predicted molar refractivity (Wildman–Crippen MR) is 72.7 cm³/mol. The molecule has 1 aliphatic heterocycles. The summed E-state index contributed by atoms with van der Waals surface area (Å²) in [5, 5.41) is 9.26. The van der Waals surface area contributed by atoms with Crippen LogP contribution in [0.4, 0.5) is 5.69 Å². The van der Waals surface area contributed by atoms with Crippen LogP contribution in [0.3, 0.4) is 0 Å². The van der Waals surface area contributed by atoms with Crippen LogP contribution in [0, 0.1) is 0 Å². The molecule has 104 valence electrons. The third-order valence-electron chi connectivity index (χ3n) is 3.07. The lowest BCUT2D eigenvalue weighted by Gasteiger charge is -2.48. The molecule has 5 nitrogen and oxygen atoms in total. The molecule has 0 aliphatic carbocycles. The number of carbonyl (C=O) groups is 1. The van der Waals surface area contributed by atoms with Crippen molar-refractivity contribution in [1.29, 1.82) is 0 Å². The Labute approximate surface area is 113 Å². The predicted octanol–water partition coefficient (Wildman–Crippen LogP) is 2.17. The van der Waals surface area contributed by atoms with Crippen molar-refractivity contribution in [2.75, 3.05) is 18.0 Å². The van der Waals surface area contributed by atoms with Crippen LogP contribution in [-0.4, -0.2) is 40.4 Å². The van der Waals surface area contributed by atoms with Crippen LogP contribution in [0.5, 0.6) is 0 Å². The van der Waals surface area contributed by atoms with Crippen molar-refractivity contribution < 1.29 is 14.6 Å². The van der Waals surface area contributed by atoms with Crippen molar-refractivity contribution in [3.8, 4) is 0 Å². The van der Waals surface area contributed by atoms with E-state index >= 15 is 0 Å². The molecule has 0 amide bonds. The van der Waals surface area contributed by atoms with Gasteiger partial charge in [-0.2, -0.15) is 0 Å². The molecule has 0 bridgehead atoms. The van der Waals surface area contributed by atoms with Gasteiger partial charge < -0.3 is 14.7 Å². The van der Waals surface area contributed by atoms with Crippen LogP contribution in [0.1, 0.15) is 38.1 Å². The maximum Gasteiger partial charge on any atom is 0.339 e. The van der Waals surface area contributed by atoms with Gasteiger partial charge in [0, 0.05) is 25.5 Å². The highest BCUT2D eigenvalue weighted by molar-refractivity contribution is 5.94. The number of aromatic nitrogens is 1. The van der Waals surface area contributed by atoms with E-state index in [9.17, 15) is 9.90 Å². The molecule has 0 unspecified atom stereocenters. The van der Waals surface area contributed by atoms with Gasteiger partial charge in [0.05, 0.1) is 16.9 Å². The molecule has 0 atom stereocenters. The summed E-state index contributed by atoms with van der Waals surface area (Å²) in [5.41, 5.74) is 0.296. The first-order valence-electron chi connectivity index (χ1n) is 6.33. The van der Waals surface area contributed by atoms with E-state index in [-0.39, 0.29) is 16.8 Å². The smallest absolute Gasteiger partial charge is 0.339 e. The number of ether oxygens (including phenoxy) is 1. The van der Waals surface area contributed by atoms with Gasteiger partial charge in [0.15, 0.2) is 0 Å². The first kappa shape index (κ1) is 13.8. The number of aromatic carboxylic acids is 1. The number of morpholine rings is 1. The van der Waals surface area contributed by atoms with Crippen LogP contribution >= 0.6 is 0 Å². The monoisotopic (exact) mass is 264 g/mol. The molecule has 2 heterocycles. The normalized spacial score (nSPS) is 21.2. The van der Waals surface area contributed by atoms with Crippen molar-refractivity contribution in [3.63, 3.8) is 0 Å².